The molecule has 1 aliphatic heterocycles. The summed E-state index contributed by atoms with van der Waals surface area (Å²) in [7, 11) is -3.51. The first-order valence-corrected chi connectivity index (χ1v) is 11.2. The summed E-state index contributed by atoms with van der Waals surface area (Å²) in [5.41, 5.74) is 2.22. The second-order valence-corrected chi connectivity index (χ2v) is 9.73. The Morgan fingerprint density at radius 2 is 2.00 bits per heavy atom. The van der Waals surface area contributed by atoms with Crippen molar-refractivity contribution in [3.05, 3.63) is 52.9 Å². The van der Waals surface area contributed by atoms with Gasteiger partial charge >= 0.3 is 0 Å². The highest BCUT2D eigenvalue weighted by molar-refractivity contribution is 7.91. The number of carbonyl (C=O) groups is 1. The predicted molar refractivity (Wildman–Crippen MR) is 103 cm³/mol. The molecule has 5 nitrogen and oxygen atoms in total. The molecule has 1 fully saturated rings. The summed E-state index contributed by atoms with van der Waals surface area (Å²) in [5, 5.41) is 4.68. The largest absolute Gasteiger partial charge is 0.352 e. The van der Waals surface area contributed by atoms with Crippen molar-refractivity contribution in [2.75, 3.05) is 6.54 Å². The molecule has 0 spiro atoms. The monoisotopic (exact) mass is 392 g/mol. The lowest BCUT2D eigenvalue weighted by molar-refractivity contribution is -0.122. The number of benzene rings is 1. The zero-order chi connectivity index (χ0) is 18.6. The lowest BCUT2D eigenvalue weighted by Gasteiger charge is -2.34. The normalized spacial score (nSPS) is 18.6. The Balaban J connectivity index is 1.63. The summed E-state index contributed by atoms with van der Waals surface area (Å²) in [4.78, 5) is 12.4. The molecule has 140 valence electrons. The fourth-order valence-corrected chi connectivity index (χ4v) is 6.03. The Bertz CT molecular complexity index is 830. The molecule has 26 heavy (non-hydrogen) atoms. The number of amides is 1. The van der Waals surface area contributed by atoms with Crippen LogP contribution in [-0.2, 0) is 21.4 Å². The molecule has 1 amide bonds. The lowest BCUT2D eigenvalue weighted by Crippen LogP contribution is -2.45. The van der Waals surface area contributed by atoms with Crippen LogP contribution in [0.25, 0.3) is 0 Å². The van der Waals surface area contributed by atoms with E-state index in [1.807, 2.05) is 31.2 Å². The van der Waals surface area contributed by atoms with Crippen LogP contribution >= 0.6 is 11.3 Å². The molecule has 7 heteroatoms. The van der Waals surface area contributed by atoms with Crippen LogP contribution in [0.5, 0.6) is 0 Å². The molecule has 1 N–H and O–H groups in total. The Labute approximate surface area is 159 Å². The standard InChI is InChI=1S/C19H24N2O3S2/c1-15-7-9-16(10-8-15)14-20-18(22)13-17-5-2-3-11-21(17)26(23,24)19-6-4-12-25-19/h4,6-10,12,17H,2-3,5,11,13-14H2,1H3,(H,20,22)/t17-/m0/s1. The van der Waals surface area contributed by atoms with Gasteiger partial charge in [0, 0.05) is 25.6 Å². The van der Waals surface area contributed by atoms with E-state index >= 15 is 0 Å². The van der Waals surface area contributed by atoms with Crippen LogP contribution in [0.1, 0.15) is 36.8 Å². The van der Waals surface area contributed by atoms with E-state index in [9.17, 15) is 13.2 Å². The molecule has 1 saturated heterocycles. The van der Waals surface area contributed by atoms with Crippen molar-refractivity contribution in [1.29, 1.82) is 0 Å². The molecular weight excluding hydrogens is 368 g/mol. The van der Waals surface area contributed by atoms with Gasteiger partial charge in [0.25, 0.3) is 10.0 Å². The van der Waals surface area contributed by atoms with Gasteiger partial charge in [0.15, 0.2) is 0 Å². The van der Waals surface area contributed by atoms with E-state index in [1.54, 1.807) is 17.5 Å². The topological polar surface area (TPSA) is 66.5 Å². The number of piperidine rings is 1. The quantitative estimate of drug-likeness (QED) is 0.820. The van der Waals surface area contributed by atoms with Crippen molar-refractivity contribution in [3.63, 3.8) is 0 Å². The van der Waals surface area contributed by atoms with Gasteiger partial charge in [0.2, 0.25) is 5.91 Å². The zero-order valence-corrected chi connectivity index (χ0v) is 16.5. The van der Waals surface area contributed by atoms with E-state index in [0.29, 0.717) is 17.3 Å². The smallest absolute Gasteiger partial charge is 0.252 e. The van der Waals surface area contributed by atoms with Crippen LogP contribution in [0.3, 0.4) is 0 Å². The summed E-state index contributed by atoms with van der Waals surface area (Å²) in [6.45, 7) is 2.97. The minimum Gasteiger partial charge on any atom is -0.352 e. The van der Waals surface area contributed by atoms with Gasteiger partial charge in [0.1, 0.15) is 4.21 Å². The number of nitrogens with one attached hydrogen (secondary N) is 1. The summed E-state index contributed by atoms with van der Waals surface area (Å²) >= 11 is 1.22. The molecule has 1 atom stereocenters. The van der Waals surface area contributed by atoms with Gasteiger partial charge in [-0.2, -0.15) is 4.31 Å². The molecule has 0 bridgehead atoms. The maximum Gasteiger partial charge on any atom is 0.252 e. The second kappa shape index (κ2) is 8.33. The number of sulfonamides is 1. The van der Waals surface area contributed by atoms with E-state index in [4.69, 9.17) is 0 Å². The maximum absolute atomic E-state index is 12.9. The molecule has 2 heterocycles. The average Bonchev–Trinajstić information content (AvgIpc) is 3.17. The van der Waals surface area contributed by atoms with Gasteiger partial charge in [-0.3, -0.25) is 4.79 Å². The van der Waals surface area contributed by atoms with Crippen LogP contribution in [-0.4, -0.2) is 31.2 Å². The van der Waals surface area contributed by atoms with Crippen molar-refractivity contribution in [1.82, 2.24) is 9.62 Å². The molecule has 2 aromatic rings. The Morgan fingerprint density at radius 3 is 2.69 bits per heavy atom. The van der Waals surface area contributed by atoms with Gasteiger partial charge in [-0.15, -0.1) is 11.3 Å². The van der Waals surface area contributed by atoms with Crippen molar-refractivity contribution >= 4 is 27.3 Å². The number of aryl methyl sites for hydroxylation is 1. The summed E-state index contributed by atoms with van der Waals surface area (Å²) < 4.78 is 27.6. The minimum atomic E-state index is -3.51. The highest BCUT2D eigenvalue weighted by Crippen LogP contribution is 2.29. The lowest BCUT2D eigenvalue weighted by atomic mass is 10.0. The number of carbonyl (C=O) groups excluding carboxylic acids is 1. The number of hydrogen-bond donors (Lipinski definition) is 1. The Kier molecular flexibility index (Phi) is 6.11. The van der Waals surface area contributed by atoms with Gasteiger partial charge in [0.05, 0.1) is 0 Å². The molecule has 1 aliphatic rings. The molecule has 0 radical (unpaired) electrons. The third kappa shape index (κ3) is 4.52. The van der Waals surface area contributed by atoms with Crippen LogP contribution in [0.2, 0.25) is 0 Å². The minimum absolute atomic E-state index is 0.108. The van der Waals surface area contributed by atoms with Crippen LogP contribution in [0.4, 0.5) is 0 Å². The zero-order valence-electron chi connectivity index (χ0n) is 14.8. The first-order valence-electron chi connectivity index (χ1n) is 8.84. The Hall–Kier alpha value is -1.70. The van der Waals surface area contributed by atoms with Crippen LogP contribution < -0.4 is 5.32 Å². The number of nitrogens with zero attached hydrogens (tertiary/aromatic N) is 1. The molecule has 0 saturated carbocycles. The molecule has 3 rings (SSSR count). The van der Waals surface area contributed by atoms with E-state index in [-0.39, 0.29) is 18.4 Å². The molecule has 1 aromatic carbocycles. The van der Waals surface area contributed by atoms with Gasteiger partial charge in [-0.05, 0) is 36.8 Å². The molecular formula is C19H24N2O3S2. The SMILES string of the molecule is Cc1ccc(CNC(=O)C[C@@H]2CCCCN2S(=O)(=O)c2cccs2)cc1. The fourth-order valence-electron chi connectivity index (χ4n) is 3.21. The van der Waals surface area contributed by atoms with Gasteiger partial charge < -0.3 is 5.32 Å². The fraction of sp³-hybridized carbons (Fsp3) is 0.421. The highest BCUT2D eigenvalue weighted by atomic mass is 32.2. The number of thiophene rings is 1. The summed E-state index contributed by atoms with van der Waals surface area (Å²) in [6.07, 6.45) is 2.72. The maximum atomic E-state index is 12.9. The first-order chi connectivity index (χ1) is 12.5. The Morgan fingerprint density at radius 1 is 1.23 bits per heavy atom. The first kappa shape index (κ1) is 19.1. The third-order valence-corrected chi connectivity index (χ3v) is 7.99. The summed E-state index contributed by atoms with van der Waals surface area (Å²) in [6, 6.07) is 11.1. The van der Waals surface area contributed by atoms with Crippen molar-refractivity contribution in [2.24, 2.45) is 0 Å². The second-order valence-electron chi connectivity index (χ2n) is 6.66. The van der Waals surface area contributed by atoms with Crippen molar-refractivity contribution in [3.8, 4) is 0 Å². The van der Waals surface area contributed by atoms with Crippen LogP contribution in [0, 0.1) is 6.92 Å². The third-order valence-electron chi connectivity index (χ3n) is 4.66. The number of rotatable bonds is 6. The molecule has 0 unspecified atom stereocenters. The average molecular weight is 393 g/mol. The predicted octanol–water partition coefficient (Wildman–Crippen LogP) is 3.31. The van der Waals surface area contributed by atoms with Crippen molar-refractivity contribution in [2.45, 2.75) is 49.4 Å². The molecule has 1 aromatic heterocycles. The van der Waals surface area contributed by atoms with Gasteiger partial charge in [-0.25, -0.2) is 8.42 Å². The molecule has 0 aliphatic carbocycles. The number of hydrogen-bond acceptors (Lipinski definition) is 4. The van der Waals surface area contributed by atoms with Gasteiger partial charge in [-0.1, -0.05) is 42.3 Å². The highest BCUT2D eigenvalue weighted by Gasteiger charge is 2.35. The summed E-state index contributed by atoms with van der Waals surface area (Å²) in [5.74, 6) is -0.108. The van der Waals surface area contributed by atoms with E-state index < -0.39 is 10.0 Å². The van der Waals surface area contributed by atoms with E-state index in [2.05, 4.69) is 5.32 Å². The van der Waals surface area contributed by atoms with Crippen molar-refractivity contribution < 1.29 is 13.2 Å². The van der Waals surface area contributed by atoms with Crippen LogP contribution in [0.15, 0.2) is 46.0 Å². The van der Waals surface area contributed by atoms with E-state index in [0.717, 1.165) is 24.8 Å². The van der Waals surface area contributed by atoms with E-state index in [1.165, 1.54) is 21.2 Å².